The monoisotopic (exact) mass is 288 g/mol. The summed E-state index contributed by atoms with van der Waals surface area (Å²) in [5.41, 5.74) is 4.52. The first-order valence-electron chi connectivity index (χ1n) is 6.25. The first kappa shape index (κ1) is 14.5. The average molecular weight is 288 g/mol. The molecule has 1 aromatic rings. The van der Waals surface area contributed by atoms with Crippen molar-refractivity contribution < 1.29 is 9.59 Å². The molecule has 0 radical (unpaired) electrons. The first-order valence-corrected chi connectivity index (χ1v) is 7.06. The van der Waals surface area contributed by atoms with Crippen LogP contribution in [0.5, 0.6) is 0 Å². The summed E-state index contributed by atoms with van der Waals surface area (Å²) >= 11 is 1.19. The number of hydrogen-bond acceptors (Lipinski definition) is 3. The highest BCUT2D eigenvalue weighted by atomic mass is 32.2. The molecule has 0 atom stereocenters. The van der Waals surface area contributed by atoms with E-state index in [0.29, 0.717) is 10.1 Å². The van der Waals surface area contributed by atoms with Gasteiger partial charge in [-0.1, -0.05) is 12.1 Å². The van der Waals surface area contributed by atoms with Gasteiger partial charge < -0.3 is 5.32 Å². The van der Waals surface area contributed by atoms with Gasteiger partial charge >= 0.3 is 0 Å². The molecule has 20 heavy (non-hydrogen) atoms. The van der Waals surface area contributed by atoms with E-state index in [2.05, 4.69) is 29.4 Å². The van der Waals surface area contributed by atoms with Crippen molar-refractivity contribution in [1.82, 2.24) is 5.32 Å². The maximum Gasteiger partial charge on any atom is 0.286 e. The van der Waals surface area contributed by atoms with Crippen LogP contribution < -0.4 is 5.32 Å². The zero-order chi connectivity index (χ0) is 14.9. The zero-order valence-corrected chi connectivity index (χ0v) is 12.7. The van der Waals surface area contributed by atoms with Crippen LogP contribution in [0.25, 0.3) is 6.08 Å². The van der Waals surface area contributed by atoms with Crippen molar-refractivity contribution in [2.24, 2.45) is 4.99 Å². The Balaban J connectivity index is 2.28. The van der Waals surface area contributed by atoms with E-state index in [0.717, 1.165) is 11.1 Å². The Hall–Kier alpha value is -1.88. The molecule has 1 aromatic carbocycles. The second-order valence-corrected chi connectivity index (χ2v) is 5.84. The minimum atomic E-state index is -0.309. The zero-order valence-electron chi connectivity index (χ0n) is 11.9. The van der Waals surface area contributed by atoms with Gasteiger partial charge in [-0.25, -0.2) is 0 Å². The lowest BCUT2D eigenvalue weighted by atomic mass is 10.0. The number of carbonyl (C=O) groups excluding carboxylic acids is 2. The van der Waals surface area contributed by atoms with Crippen molar-refractivity contribution in [3.8, 4) is 0 Å². The lowest BCUT2D eigenvalue weighted by Gasteiger charge is -2.06. The molecule has 1 heterocycles. The molecule has 0 unspecified atom stereocenters. The lowest BCUT2D eigenvalue weighted by Crippen LogP contribution is -2.23. The van der Waals surface area contributed by atoms with Crippen LogP contribution in [0.3, 0.4) is 0 Å². The Morgan fingerprint density at radius 3 is 2.50 bits per heavy atom. The number of aliphatic imine (C=N–C) groups is 1. The largest absolute Gasteiger partial charge is 0.305 e. The van der Waals surface area contributed by atoms with Crippen molar-refractivity contribution in [1.29, 1.82) is 0 Å². The highest BCUT2D eigenvalue weighted by Gasteiger charge is 2.22. The number of amides is 2. The van der Waals surface area contributed by atoms with Crippen molar-refractivity contribution >= 4 is 34.8 Å². The van der Waals surface area contributed by atoms with Crippen molar-refractivity contribution in [3.63, 3.8) is 0 Å². The predicted octanol–water partition coefficient (Wildman–Crippen LogP) is 2.72. The minimum Gasteiger partial charge on any atom is -0.305 e. The van der Waals surface area contributed by atoms with Crippen LogP contribution in [0.1, 0.15) is 29.2 Å². The number of rotatable bonds is 1. The minimum absolute atomic E-state index is 0.229. The summed E-state index contributed by atoms with van der Waals surface area (Å²) in [6, 6.07) is 4.16. The van der Waals surface area contributed by atoms with Gasteiger partial charge in [0, 0.05) is 6.92 Å². The Morgan fingerprint density at radius 1 is 1.20 bits per heavy atom. The van der Waals surface area contributed by atoms with Gasteiger partial charge in [0.05, 0.1) is 4.91 Å². The number of amidine groups is 1. The van der Waals surface area contributed by atoms with Crippen LogP contribution >= 0.6 is 11.8 Å². The van der Waals surface area contributed by atoms with Gasteiger partial charge in [0.15, 0.2) is 5.17 Å². The van der Waals surface area contributed by atoms with Gasteiger partial charge in [0.1, 0.15) is 0 Å². The molecule has 0 fully saturated rings. The third kappa shape index (κ3) is 3.17. The van der Waals surface area contributed by atoms with Crippen LogP contribution in [0.2, 0.25) is 0 Å². The number of benzene rings is 1. The molecule has 0 bridgehead atoms. The quantitative estimate of drug-likeness (QED) is 0.808. The molecular weight excluding hydrogens is 272 g/mol. The summed E-state index contributed by atoms with van der Waals surface area (Å²) in [4.78, 5) is 27.1. The van der Waals surface area contributed by atoms with Crippen molar-refractivity contribution in [2.75, 3.05) is 0 Å². The number of carbonyl (C=O) groups is 2. The van der Waals surface area contributed by atoms with E-state index in [1.165, 1.54) is 29.8 Å². The second kappa shape index (κ2) is 5.63. The van der Waals surface area contributed by atoms with Crippen LogP contribution in [0.15, 0.2) is 22.0 Å². The second-order valence-electron chi connectivity index (χ2n) is 4.81. The van der Waals surface area contributed by atoms with Gasteiger partial charge in [-0.3, -0.25) is 9.59 Å². The molecule has 1 aliphatic rings. The Labute approximate surface area is 122 Å². The summed E-state index contributed by atoms with van der Waals surface area (Å²) in [6.45, 7) is 7.51. The molecule has 2 rings (SSSR count). The van der Waals surface area contributed by atoms with Crippen molar-refractivity contribution in [3.05, 3.63) is 39.3 Å². The van der Waals surface area contributed by atoms with E-state index >= 15 is 0 Å². The van der Waals surface area contributed by atoms with Crippen LogP contribution in [-0.2, 0) is 9.59 Å². The molecule has 0 saturated heterocycles. The van der Waals surface area contributed by atoms with E-state index in [9.17, 15) is 9.59 Å². The van der Waals surface area contributed by atoms with Gasteiger partial charge in [-0.2, -0.15) is 4.99 Å². The lowest BCUT2D eigenvalue weighted by molar-refractivity contribution is -0.117. The number of thioether (sulfide) groups is 1. The highest BCUT2D eigenvalue weighted by Crippen LogP contribution is 2.29. The number of aryl methyl sites for hydroxylation is 3. The standard InChI is InChI=1S/C15H16N2O2S/c1-8-5-10(3)12(6-9(8)2)7-13-14(19)17-15(20-13)16-11(4)18/h5-7H,1-4H3,(H,16,17,18,19)/b13-7-. The topological polar surface area (TPSA) is 58.5 Å². The Morgan fingerprint density at radius 2 is 1.85 bits per heavy atom. The maximum atomic E-state index is 11.8. The van der Waals surface area contributed by atoms with Gasteiger partial charge in [-0.15, -0.1) is 0 Å². The summed E-state index contributed by atoms with van der Waals surface area (Å²) in [5.74, 6) is -0.538. The normalized spacial score (nSPS) is 16.5. The molecule has 104 valence electrons. The molecule has 1 N–H and O–H groups in total. The smallest absolute Gasteiger partial charge is 0.286 e. The van der Waals surface area contributed by atoms with Crippen LogP contribution in [0.4, 0.5) is 0 Å². The molecular formula is C15H16N2O2S. The van der Waals surface area contributed by atoms with E-state index in [1.807, 2.05) is 19.9 Å². The predicted molar refractivity (Wildman–Crippen MR) is 82.5 cm³/mol. The molecule has 5 heteroatoms. The number of nitrogens with one attached hydrogen (secondary N) is 1. The molecule has 1 aliphatic heterocycles. The third-order valence-electron chi connectivity index (χ3n) is 3.07. The third-order valence-corrected chi connectivity index (χ3v) is 3.97. The van der Waals surface area contributed by atoms with Gasteiger partial charge in [0.25, 0.3) is 5.91 Å². The molecule has 0 aromatic heterocycles. The summed E-state index contributed by atoms with van der Waals surface area (Å²) in [5, 5.41) is 2.88. The molecule has 4 nitrogen and oxygen atoms in total. The van der Waals surface area contributed by atoms with E-state index in [1.54, 1.807) is 0 Å². The molecule has 0 saturated carbocycles. The fourth-order valence-corrected chi connectivity index (χ4v) is 2.74. The van der Waals surface area contributed by atoms with E-state index in [4.69, 9.17) is 0 Å². The maximum absolute atomic E-state index is 11.8. The fraction of sp³-hybridized carbons (Fsp3) is 0.267. The molecule has 2 amide bonds. The summed E-state index contributed by atoms with van der Waals surface area (Å²) in [7, 11) is 0. The number of hydrogen-bond donors (Lipinski definition) is 1. The van der Waals surface area contributed by atoms with Crippen LogP contribution in [0, 0.1) is 20.8 Å². The highest BCUT2D eigenvalue weighted by molar-refractivity contribution is 8.18. The van der Waals surface area contributed by atoms with Crippen LogP contribution in [-0.4, -0.2) is 17.0 Å². The Bertz CT molecular complexity index is 660. The number of nitrogens with zero attached hydrogens (tertiary/aromatic N) is 1. The first-order chi connectivity index (χ1) is 9.36. The van der Waals surface area contributed by atoms with Crippen molar-refractivity contribution in [2.45, 2.75) is 27.7 Å². The van der Waals surface area contributed by atoms with E-state index in [-0.39, 0.29) is 11.8 Å². The average Bonchev–Trinajstić information content (AvgIpc) is 2.65. The fourth-order valence-electron chi connectivity index (χ4n) is 1.89. The Kier molecular flexibility index (Phi) is 4.09. The van der Waals surface area contributed by atoms with E-state index < -0.39 is 0 Å². The summed E-state index contributed by atoms with van der Waals surface area (Å²) in [6.07, 6.45) is 1.83. The van der Waals surface area contributed by atoms with Gasteiger partial charge in [0.2, 0.25) is 5.91 Å². The summed E-state index contributed by atoms with van der Waals surface area (Å²) < 4.78 is 0. The molecule has 0 spiro atoms. The molecule has 0 aliphatic carbocycles. The van der Waals surface area contributed by atoms with Gasteiger partial charge in [-0.05, 0) is 60.9 Å². The SMILES string of the molecule is CC(=O)NC1=NC(=O)/C(=C/c2cc(C)c(C)cc2C)S1.